The molecular formula is C15H26O3. The molecule has 1 fully saturated rings. The number of aliphatic hydroxyl groups is 3. The molecule has 2 aliphatic rings. The van der Waals surface area contributed by atoms with Gasteiger partial charge in [-0.25, -0.2) is 0 Å². The van der Waals surface area contributed by atoms with Crippen LogP contribution in [0.2, 0.25) is 0 Å². The molecule has 0 aromatic heterocycles. The summed E-state index contributed by atoms with van der Waals surface area (Å²) in [5.41, 5.74) is 0.387. The van der Waals surface area contributed by atoms with Crippen LogP contribution in [0.4, 0.5) is 0 Å². The van der Waals surface area contributed by atoms with Crippen LogP contribution in [0, 0.1) is 17.3 Å². The number of hydrogen-bond donors (Lipinski definition) is 3. The normalized spacial score (nSPS) is 43.9. The highest BCUT2D eigenvalue weighted by Crippen LogP contribution is 2.53. The summed E-state index contributed by atoms with van der Waals surface area (Å²) < 4.78 is 0. The Bertz CT molecular complexity index is 348. The number of aliphatic hydroxyl groups excluding tert-OH is 2. The second-order valence-corrected chi connectivity index (χ2v) is 6.69. The Balaban J connectivity index is 2.26. The van der Waals surface area contributed by atoms with Crippen molar-refractivity contribution in [3.63, 3.8) is 0 Å². The Kier molecular flexibility index (Phi) is 3.60. The van der Waals surface area contributed by atoms with Crippen molar-refractivity contribution in [2.24, 2.45) is 17.3 Å². The molecule has 0 bridgehead atoms. The summed E-state index contributed by atoms with van der Waals surface area (Å²) in [6, 6.07) is 0. The van der Waals surface area contributed by atoms with Gasteiger partial charge in [-0.2, -0.15) is 0 Å². The molecule has 0 spiro atoms. The Morgan fingerprint density at radius 1 is 1.50 bits per heavy atom. The van der Waals surface area contributed by atoms with Gasteiger partial charge in [0.15, 0.2) is 0 Å². The molecule has 2 rings (SSSR count). The minimum Gasteiger partial charge on any atom is -0.393 e. The summed E-state index contributed by atoms with van der Waals surface area (Å²) in [5, 5.41) is 29.7. The van der Waals surface area contributed by atoms with Crippen LogP contribution in [0.15, 0.2) is 11.6 Å². The van der Waals surface area contributed by atoms with E-state index in [1.165, 1.54) is 5.57 Å². The standard InChI is InChI=1S/C15H26O3/c1-10-13(17)7-6-11-4-5-12(8-14(10,11)2)15(3,18)9-16/h4,10,12-13,16-18H,5-9H2,1-3H3/t10-,12-,13-,14-,15?/m1/s1. The third-order valence-electron chi connectivity index (χ3n) is 5.54. The molecule has 104 valence electrons. The fraction of sp³-hybridized carbons (Fsp3) is 0.867. The molecule has 0 saturated heterocycles. The van der Waals surface area contributed by atoms with Crippen LogP contribution in [0.3, 0.4) is 0 Å². The first kappa shape index (κ1) is 14.0. The third-order valence-corrected chi connectivity index (χ3v) is 5.54. The topological polar surface area (TPSA) is 60.7 Å². The number of allylic oxidation sites excluding steroid dienone is 2. The van der Waals surface area contributed by atoms with Gasteiger partial charge in [0.1, 0.15) is 0 Å². The highest BCUT2D eigenvalue weighted by Gasteiger charge is 2.48. The second-order valence-electron chi connectivity index (χ2n) is 6.69. The smallest absolute Gasteiger partial charge is 0.0880 e. The first-order valence-corrected chi connectivity index (χ1v) is 7.02. The maximum atomic E-state index is 10.3. The lowest BCUT2D eigenvalue weighted by Crippen LogP contribution is -2.48. The van der Waals surface area contributed by atoms with Crippen molar-refractivity contribution < 1.29 is 15.3 Å². The molecule has 3 nitrogen and oxygen atoms in total. The summed E-state index contributed by atoms with van der Waals surface area (Å²) in [7, 11) is 0. The van der Waals surface area contributed by atoms with Crippen LogP contribution < -0.4 is 0 Å². The van der Waals surface area contributed by atoms with Gasteiger partial charge in [-0.1, -0.05) is 25.5 Å². The van der Waals surface area contributed by atoms with E-state index < -0.39 is 5.60 Å². The second kappa shape index (κ2) is 4.62. The molecule has 0 amide bonds. The molecule has 3 heteroatoms. The van der Waals surface area contributed by atoms with E-state index >= 15 is 0 Å². The van der Waals surface area contributed by atoms with Crippen molar-refractivity contribution in [3.8, 4) is 0 Å². The van der Waals surface area contributed by atoms with E-state index in [0.29, 0.717) is 0 Å². The van der Waals surface area contributed by atoms with E-state index in [2.05, 4.69) is 19.9 Å². The molecular weight excluding hydrogens is 228 g/mol. The van der Waals surface area contributed by atoms with Gasteiger partial charge in [0.2, 0.25) is 0 Å². The van der Waals surface area contributed by atoms with Gasteiger partial charge in [-0.3, -0.25) is 0 Å². The lowest BCUT2D eigenvalue weighted by atomic mass is 9.56. The molecule has 1 saturated carbocycles. The molecule has 3 N–H and O–H groups in total. The number of fused-ring (bicyclic) bond motifs is 1. The van der Waals surface area contributed by atoms with E-state index in [9.17, 15) is 15.3 Å². The minimum atomic E-state index is -1.02. The van der Waals surface area contributed by atoms with E-state index in [-0.39, 0.29) is 30.0 Å². The zero-order valence-electron chi connectivity index (χ0n) is 11.7. The number of rotatable bonds is 2. The van der Waals surface area contributed by atoms with E-state index in [1.54, 1.807) is 6.92 Å². The molecule has 2 aliphatic carbocycles. The molecule has 18 heavy (non-hydrogen) atoms. The van der Waals surface area contributed by atoms with Crippen molar-refractivity contribution in [1.29, 1.82) is 0 Å². The van der Waals surface area contributed by atoms with E-state index in [1.807, 2.05) is 0 Å². The molecule has 0 aliphatic heterocycles. The molecule has 0 aromatic rings. The molecule has 0 aromatic carbocycles. The first-order valence-electron chi connectivity index (χ1n) is 7.02. The van der Waals surface area contributed by atoms with Gasteiger partial charge in [-0.05, 0) is 49.9 Å². The summed E-state index contributed by atoms with van der Waals surface area (Å²) >= 11 is 0. The molecule has 1 unspecified atom stereocenters. The largest absolute Gasteiger partial charge is 0.393 e. The van der Waals surface area contributed by atoms with Crippen molar-refractivity contribution >= 4 is 0 Å². The van der Waals surface area contributed by atoms with Gasteiger partial charge in [0.05, 0.1) is 18.3 Å². The summed E-state index contributed by atoms with van der Waals surface area (Å²) in [4.78, 5) is 0. The Hall–Kier alpha value is -0.380. The van der Waals surface area contributed by atoms with Gasteiger partial charge >= 0.3 is 0 Å². The van der Waals surface area contributed by atoms with Crippen molar-refractivity contribution in [1.82, 2.24) is 0 Å². The van der Waals surface area contributed by atoms with Crippen molar-refractivity contribution in [2.45, 2.75) is 58.2 Å². The average Bonchev–Trinajstić information content (AvgIpc) is 2.34. The number of hydrogen-bond acceptors (Lipinski definition) is 3. The van der Waals surface area contributed by atoms with Gasteiger partial charge < -0.3 is 15.3 Å². The molecule has 0 heterocycles. The summed E-state index contributed by atoms with van der Waals surface area (Å²) in [6.07, 6.45) is 5.50. The highest BCUT2D eigenvalue weighted by molar-refractivity contribution is 5.23. The van der Waals surface area contributed by atoms with Crippen LogP contribution >= 0.6 is 0 Å². The fourth-order valence-corrected chi connectivity index (χ4v) is 3.69. The van der Waals surface area contributed by atoms with Crippen molar-refractivity contribution in [3.05, 3.63) is 11.6 Å². The van der Waals surface area contributed by atoms with Crippen molar-refractivity contribution in [2.75, 3.05) is 6.61 Å². The van der Waals surface area contributed by atoms with E-state index in [0.717, 1.165) is 25.7 Å². The molecule has 0 radical (unpaired) electrons. The monoisotopic (exact) mass is 254 g/mol. The zero-order valence-corrected chi connectivity index (χ0v) is 11.7. The van der Waals surface area contributed by atoms with Crippen LogP contribution in [0.5, 0.6) is 0 Å². The van der Waals surface area contributed by atoms with Gasteiger partial charge in [0, 0.05) is 0 Å². The Morgan fingerprint density at radius 3 is 2.78 bits per heavy atom. The summed E-state index contributed by atoms with van der Waals surface area (Å²) in [6.45, 7) is 5.82. The van der Waals surface area contributed by atoms with Crippen LogP contribution in [0.1, 0.15) is 46.5 Å². The van der Waals surface area contributed by atoms with Gasteiger partial charge in [-0.15, -0.1) is 0 Å². The van der Waals surface area contributed by atoms with Gasteiger partial charge in [0.25, 0.3) is 0 Å². The van der Waals surface area contributed by atoms with Crippen LogP contribution in [-0.2, 0) is 0 Å². The maximum absolute atomic E-state index is 10.3. The maximum Gasteiger partial charge on any atom is 0.0880 e. The highest BCUT2D eigenvalue weighted by atomic mass is 16.3. The lowest BCUT2D eigenvalue weighted by molar-refractivity contribution is -0.0762. The SMILES string of the molecule is C[C@@H]1[C@H](O)CCC2=CC[C@@H](C(C)(O)CO)C[C@@]21C. The lowest BCUT2D eigenvalue weighted by Gasteiger charge is -2.51. The Morgan fingerprint density at radius 2 is 2.17 bits per heavy atom. The zero-order chi connectivity index (χ0) is 13.6. The first-order chi connectivity index (χ1) is 8.31. The van der Waals surface area contributed by atoms with Crippen LogP contribution in [0.25, 0.3) is 0 Å². The van der Waals surface area contributed by atoms with E-state index in [4.69, 9.17) is 0 Å². The molecule has 5 atom stereocenters. The van der Waals surface area contributed by atoms with Crippen LogP contribution in [-0.4, -0.2) is 33.6 Å². The Labute approximate surface area is 110 Å². The summed E-state index contributed by atoms with van der Waals surface area (Å²) in [5.74, 6) is 0.291. The third kappa shape index (κ3) is 2.13. The minimum absolute atomic E-state index is 0.0280. The fourth-order valence-electron chi connectivity index (χ4n) is 3.69. The average molecular weight is 254 g/mol. The quantitative estimate of drug-likeness (QED) is 0.659. The predicted octanol–water partition coefficient (Wildman–Crippen LogP) is 1.86. The predicted molar refractivity (Wildman–Crippen MR) is 71.0 cm³/mol.